The van der Waals surface area contributed by atoms with Gasteiger partial charge in [0.1, 0.15) is 5.75 Å². The van der Waals surface area contributed by atoms with Crippen LogP contribution in [0.25, 0.3) is 5.69 Å². The Morgan fingerprint density at radius 1 is 1.17 bits per heavy atom. The standard InChI is InChI=1S/C18H17N3O2/c1-13-3-4-14(11-17(13)23-2)18(22)20-15-5-7-16(8-6-15)21-10-9-19-12-21/h3-12H,1-2H3,(H,20,22). The number of anilines is 1. The summed E-state index contributed by atoms with van der Waals surface area (Å²) in [6.07, 6.45) is 5.32. The van der Waals surface area contributed by atoms with E-state index in [-0.39, 0.29) is 5.91 Å². The van der Waals surface area contributed by atoms with Gasteiger partial charge < -0.3 is 14.6 Å². The first-order chi connectivity index (χ1) is 11.2. The minimum Gasteiger partial charge on any atom is -0.496 e. The average molecular weight is 307 g/mol. The van der Waals surface area contributed by atoms with Gasteiger partial charge in [-0.3, -0.25) is 4.79 Å². The molecule has 0 atom stereocenters. The summed E-state index contributed by atoms with van der Waals surface area (Å²) in [5.74, 6) is 0.534. The van der Waals surface area contributed by atoms with Crippen molar-refractivity contribution in [2.45, 2.75) is 6.92 Å². The van der Waals surface area contributed by atoms with Crippen LogP contribution in [-0.2, 0) is 0 Å². The van der Waals surface area contributed by atoms with E-state index in [0.29, 0.717) is 11.3 Å². The van der Waals surface area contributed by atoms with Crippen LogP contribution in [0.5, 0.6) is 5.75 Å². The van der Waals surface area contributed by atoms with Gasteiger partial charge in [-0.1, -0.05) is 6.07 Å². The SMILES string of the molecule is COc1cc(C(=O)Nc2ccc(-n3ccnc3)cc2)ccc1C. The minimum atomic E-state index is -0.168. The summed E-state index contributed by atoms with van der Waals surface area (Å²) in [5.41, 5.74) is 3.27. The average Bonchev–Trinajstić information content (AvgIpc) is 3.10. The molecule has 0 spiro atoms. The summed E-state index contributed by atoms with van der Waals surface area (Å²) in [7, 11) is 1.60. The lowest BCUT2D eigenvalue weighted by atomic mass is 10.1. The number of nitrogens with one attached hydrogen (secondary N) is 1. The van der Waals surface area contributed by atoms with Crippen LogP contribution >= 0.6 is 0 Å². The quantitative estimate of drug-likeness (QED) is 0.803. The predicted octanol–water partition coefficient (Wildman–Crippen LogP) is 3.44. The van der Waals surface area contributed by atoms with E-state index in [2.05, 4.69) is 10.3 Å². The number of carbonyl (C=O) groups excluding carboxylic acids is 1. The second-order valence-electron chi connectivity index (χ2n) is 5.16. The number of amides is 1. The number of aromatic nitrogens is 2. The van der Waals surface area contributed by atoms with E-state index in [4.69, 9.17) is 4.74 Å². The van der Waals surface area contributed by atoms with Crippen molar-refractivity contribution in [1.82, 2.24) is 9.55 Å². The lowest BCUT2D eigenvalue weighted by Gasteiger charge is -2.09. The topological polar surface area (TPSA) is 56.1 Å². The second kappa shape index (κ2) is 6.36. The van der Waals surface area contributed by atoms with Gasteiger partial charge in [0.15, 0.2) is 0 Å². The van der Waals surface area contributed by atoms with Crippen LogP contribution in [0, 0.1) is 6.92 Å². The molecule has 0 saturated heterocycles. The fraction of sp³-hybridized carbons (Fsp3) is 0.111. The number of rotatable bonds is 4. The Bertz CT molecular complexity index is 809. The van der Waals surface area contributed by atoms with Crippen molar-refractivity contribution < 1.29 is 9.53 Å². The van der Waals surface area contributed by atoms with Crippen LogP contribution in [0.4, 0.5) is 5.69 Å². The summed E-state index contributed by atoms with van der Waals surface area (Å²) in [6, 6.07) is 13.0. The molecule has 1 aromatic heterocycles. The maximum absolute atomic E-state index is 12.3. The maximum atomic E-state index is 12.3. The molecule has 0 aliphatic rings. The van der Waals surface area contributed by atoms with E-state index in [1.54, 1.807) is 31.8 Å². The van der Waals surface area contributed by atoms with Crippen LogP contribution in [0.1, 0.15) is 15.9 Å². The van der Waals surface area contributed by atoms with Crippen LogP contribution in [-0.4, -0.2) is 22.6 Å². The Morgan fingerprint density at radius 2 is 1.96 bits per heavy atom. The van der Waals surface area contributed by atoms with Crippen molar-refractivity contribution in [2.75, 3.05) is 12.4 Å². The first kappa shape index (κ1) is 14.8. The van der Waals surface area contributed by atoms with Crippen LogP contribution < -0.4 is 10.1 Å². The van der Waals surface area contributed by atoms with Crippen LogP contribution in [0.3, 0.4) is 0 Å². The van der Waals surface area contributed by atoms with Gasteiger partial charge in [-0.25, -0.2) is 4.98 Å². The molecule has 0 saturated carbocycles. The Labute approximate surface area is 134 Å². The molecule has 1 N–H and O–H groups in total. The molecule has 0 fully saturated rings. The van der Waals surface area contributed by atoms with Crippen molar-refractivity contribution in [3.05, 3.63) is 72.3 Å². The zero-order valence-electron chi connectivity index (χ0n) is 13.0. The number of hydrogen-bond acceptors (Lipinski definition) is 3. The highest BCUT2D eigenvalue weighted by Gasteiger charge is 2.09. The highest BCUT2D eigenvalue weighted by Crippen LogP contribution is 2.20. The zero-order valence-corrected chi connectivity index (χ0v) is 13.0. The molecule has 3 rings (SSSR count). The molecule has 0 aliphatic carbocycles. The molecular formula is C18H17N3O2. The van der Waals surface area contributed by atoms with Crippen LogP contribution in [0.15, 0.2) is 61.2 Å². The lowest BCUT2D eigenvalue weighted by molar-refractivity contribution is 0.102. The number of carbonyl (C=O) groups is 1. The van der Waals surface area contributed by atoms with E-state index in [1.807, 2.05) is 48.0 Å². The largest absolute Gasteiger partial charge is 0.496 e. The van der Waals surface area contributed by atoms with Gasteiger partial charge in [0.25, 0.3) is 5.91 Å². The second-order valence-corrected chi connectivity index (χ2v) is 5.16. The van der Waals surface area contributed by atoms with Crippen LogP contribution in [0.2, 0.25) is 0 Å². The number of hydrogen-bond donors (Lipinski definition) is 1. The van der Waals surface area contributed by atoms with Crippen molar-refractivity contribution in [3.8, 4) is 11.4 Å². The van der Waals surface area contributed by atoms with E-state index in [1.165, 1.54) is 0 Å². The molecule has 0 bridgehead atoms. The third kappa shape index (κ3) is 3.23. The summed E-state index contributed by atoms with van der Waals surface area (Å²) >= 11 is 0. The van der Waals surface area contributed by atoms with Gasteiger partial charge in [-0.05, 0) is 48.9 Å². The molecule has 23 heavy (non-hydrogen) atoms. The van der Waals surface area contributed by atoms with Crippen molar-refractivity contribution in [3.63, 3.8) is 0 Å². The third-order valence-electron chi connectivity index (χ3n) is 3.60. The monoisotopic (exact) mass is 307 g/mol. The van der Waals surface area contributed by atoms with Gasteiger partial charge >= 0.3 is 0 Å². The van der Waals surface area contributed by atoms with E-state index in [0.717, 1.165) is 16.9 Å². The first-order valence-electron chi connectivity index (χ1n) is 7.22. The zero-order chi connectivity index (χ0) is 16.2. The molecule has 0 radical (unpaired) electrons. The lowest BCUT2D eigenvalue weighted by Crippen LogP contribution is -2.12. The molecule has 5 nitrogen and oxygen atoms in total. The highest BCUT2D eigenvalue weighted by molar-refractivity contribution is 6.04. The summed E-state index contributed by atoms with van der Waals surface area (Å²) in [4.78, 5) is 16.3. The van der Waals surface area contributed by atoms with Gasteiger partial charge in [0, 0.05) is 29.3 Å². The fourth-order valence-corrected chi connectivity index (χ4v) is 2.29. The Morgan fingerprint density at radius 3 is 2.61 bits per heavy atom. The van der Waals surface area contributed by atoms with Gasteiger partial charge in [-0.15, -0.1) is 0 Å². The number of nitrogens with zero attached hydrogens (tertiary/aromatic N) is 2. The normalized spacial score (nSPS) is 10.3. The Kier molecular flexibility index (Phi) is 4.10. The first-order valence-corrected chi connectivity index (χ1v) is 7.22. The maximum Gasteiger partial charge on any atom is 0.255 e. The number of benzene rings is 2. The van der Waals surface area contributed by atoms with Gasteiger partial charge in [-0.2, -0.15) is 0 Å². The molecule has 116 valence electrons. The number of ether oxygens (including phenoxy) is 1. The van der Waals surface area contributed by atoms with E-state index >= 15 is 0 Å². The third-order valence-corrected chi connectivity index (χ3v) is 3.60. The smallest absolute Gasteiger partial charge is 0.255 e. The van der Waals surface area contributed by atoms with Gasteiger partial charge in [0.05, 0.1) is 13.4 Å². The van der Waals surface area contributed by atoms with Crippen molar-refractivity contribution in [2.24, 2.45) is 0 Å². The van der Waals surface area contributed by atoms with Gasteiger partial charge in [0.2, 0.25) is 0 Å². The molecule has 3 aromatic rings. The highest BCUT2D eigenvalue weighted by atomic mass is 16.5. The summed E-state index contributed by atoms with van der Waals surface area (Å²) in [5, 5.41) is 2.88. The molecule has 5 heteroatoms. The van der Waals surface area contributed by atoms with Crippen molar-refractivity contribution in [1.29, 1.82) is 0 Å². The number of imidazole rings is 1. The number of aryl methyl sites for hydroxylation is 1. The number of methoxy groups -OCH3 is 1. The summed E-state index contributed by atoms with van der Waals surface area (Å²) in [6.45, 7) is 1.94. The Balaban J connectivity index is 1.75. The van der Waals surface area contributed by atoms with Crippen molar-refractivity contribution >= 4 is 11.6 Å². The molecular weight excluding hydrogens is 290 g/mol. The Hall–Kier alpha value is -3.08. The molecule has 2 aromatic carbocycles. The molecule has 1 amide bonds. The molecule has 1 heterocycles. The minimum absolute atomic E-state index is 0.168. The molecule has 0 aliphatic heterocycles. The predicted molar refractivity (Wildman–Crippen MR) is 89.2 cm³/mol. The fourth-order valence-electron chi connectivity index (χ4n) is 2.29. The van der Waals surface area contributed by atoms with E-state index < -0.39 is 0 Å². The summed E-state index contributed by atoms with van der Waals surface area (Å²) < 4.78 is 7.15. The molecule has 0 unspecified atom stereocenters. The van der Waals surface area contributed by atoms with E-state index in [9.17, 15) is 4.79 Å².